The summed E-state index contributed by atoms with van der Waals surface area (Å²) in [6, 6.07) is -1.19. The number of hydrogen-bond donors (Lipinski definition) is 2. The van der Waals surface area contributed by atoms with Gasteiger partial charge in [-0.2, -0.15) is 0 Å². The first kappa shape index (κ1) is 14.6. The zero-order valence-electron chi connectivity index (χ0n) is 11.8. The molecule has 0 bridgehead atoms. The largest absolute Gasteiger partial charge is 0.480 e. The Morgan fingerprint density at radius 1 is 1.35 bits per heavy atom. The third kappa shape index (κ3) is 2.86. The van der Waals surface area contributed by atoms with Gasteiger partial charge in [0.2, 0.25) is 5.91 Å². The molecule has 112 valence electrons. The fourth-order valence-electron chi connectivity index (χ4n) is 2.94. The van der Waals surface area contributed by atoms with Crippen LogP contribution in [0.3, 0.4) is 0 Å². The molecule has 0 aromatic rings. The van der Waals surface area contributed by atoms with Crippen molar-refractivity contribution in [1.29, 1.82) is 0 Å². The third-order valence-electron chi connectivity index (χ3n) is 4.17. The number of nitrogens with zero attached hydrogens (tertiary/aromatic N) is 2. The highest BCUT2D eigenvalue weighted by atomic mass is 16.4. The molecule has 0 spiro atoms. The molecule has 3 amide bonds. The number of carbonyl (C=O) groups excluding carboxylic acids is 2. The first-order valence-corrected chi connectivity index (χ1v) is 6.94. The highest BCUT2D eigenvalue weighted by molar-refractivity contribution is 5.84. The van der Waals surface area contributed by atoms with Crippen molar-refractivity contribution in [3.05, 3.63) is 0 Å². The van der Waals surface area contributed by atoms with Gasteiger partial charge in [0, 0.05) is 32.6 Å². The third-order valence-corrected chi connectivity index (χ3v) is 4.17. The number of likely N-dealkylation sites (N-methyl/N-ethyl adjacent to an activating group) is 1. The second kappa shape index (κ2) is 5.68. The van der Waals surface area contributed by atoms with Gasteiger partial charge in [0.15, 0.2) is 0 Å². The molecule has 0 saturated carbocycles. The van der Waals surface area contributed by atoms with Gasteiger partial charge in [-0.3, -0.25) is 4.79 Å². The van der Waals surface area contributed by atoms with Crippen LogP contribution in [0.5, 0.6) is 0 Å². The molecule has 2 N–H and O–H groups in total. The Kier molecular flexibility index (Phi) is 4.15. The molecule has 3 unspecified atom stereocenters. The van der Waals surface area contributed by atoms with Crippen molar-refractivity contribution in [3.8, 4) is 0 Å². The molecule has 2 heterocycles. The molecule has 2 saturated heterocycles. The maximum absolute atomic E-state index is 12.2. The fraction of sp³-hybridized carbons (Fsp3) is 0.769. The van der Waals surface area contributed by atoms with E-state index in [0.29, 0.717) is 32.4 Å². The average Bonchev–Trinajstić information content (AvgIpc) is 2.76. The maximum atomic E-state index is 12.2. The summed E-state index contributed by atoms with van der Waals surface area (Å²) in [5.41, 5.74) is 0. The predicted molar refractivity (Wildman–Crippen MR) is 71.1 cm³/mol. The molecule has 7 nitrogen and oxygen atoms in total. The molecule has 2 aliphatic heterocycles. The number of carboxylic acids is 1. The molecular formula is C13H21N3O4. The van der Waals surface area contributed by atoms with E-state index in [2.05, 4.69) is 5.32 Å². The summed E-state index contributed by atoms with van der Waals surface area (Å²) in [6.45, 7) is 2.79. The van der Waals surface area contributed by atoms with Crippen molar-refractivity contribution in [2.75, 3.05) is 20.1 Å². The number of carbonyl (C=O) groups is 3. The van der Waals surface area contributed by atoms with Crippen LogP contribution in [0, 0.1) is 5.92 Å². The van der Waals surface area contributed by atoms with Gasteiger partial charge in [-0.05, 0) is 18.8 Å². The van der Waals surface area contributed by atoms with Gasteiger partial charge in [-0.25, -0.2) is 9.59 Å². The smallest absolute Gasteiger partial charge is 0.326 e. The van der Waals surface area contributed by atoms with E-state index in [0.717, 1.165) is 0 Å². The summed E-state index contributed by atoms with van der Waals surface area (Å²) in [4.78, 5) is 37.8. The van der Waals surface area contributed by atoms with Crippen LogP contribution in [0.15, 0.2) is 0 Å². The van der Waals surface area contributed by atoms with E-state index in [1.165, 1.54) is 4.90 Å². The summed E-state index contributed by atoms with van der Waals surface area (Å²) >= 11 is 0. The van der Waals surface area contributed by atoms with E-state index in [9.17, 15) is 19.5 Å². The topological polar surface area (TPSA) is 90.0 Å². The Hall–Kier alpha value is -1.79. The highest BCUT2D eigenvalue weighted by Gasteiger charge is 2.40. The first-order chi connectivity index (χ1) is 9.40. The monoisotopic (exact) mass is 283 g/mol. The summed E-state index contributed by atoms with van der Waals surface area (Å²) in [6.07, 6.45) is 1.73. The van der Waals surface area contributed by atoms with Crippen molar-refractivity contribution in [2.24, 2.45) is 5.92 Å². The Bertz CT molecular complexity index is 426. The fourth-order valence-corrected chi connectivity index (χ4v) is 2.94. The van der Waals surface area contributed by atoms with E-state index in [1.54, 1.807) is 11.9 Å². The molecule has 7 heteroatoms. The van der Waals surface area contributed by atoms with Gasteiger partial charge >= 0.3 is 12.0 Å². The average molecular weight is 283 g/mol. The SMILES string of the molecule is CC1CCN(C(=O)NC2CCC(=O)N(C)C2)C1C(=O)O. The predicted octanol–water partition coefficient (Wildman–Crippen LogP) is 0.112. The van der Waals surface area contributed by atoms with Crippen LogP contribution in [0.25, 0.3) is 0 Å². The van der Waals surface area contributed by atoms with Crippen molar-refractivity contribution >= 4 is 17.9 Å². The molecule has 2 fully saturated rings. The van der Waals surface area contributed by atoms with Crippen LogP contribution in [0.2, 0.25) is 0 Å². The standard InChI is InChI=1S/C13H21N3O4/c1-8-5-6-16(11(8)12(18)19)13(20)14-9-3-4-10(17)15(2)7-9/h8-9,11H,3-7H2,1-2H3,(H,14,20)(H,18,19). The molecule has 0 aromatic carbocycles. The van der Waals surface area contributed by atoms with Gasteiger partial charge < -0.3 is 20.2 Å². The van der Waals surface area contributed by atoms with Gasteiger partial charge in [0.05, 0.1) is 0 Å². The molecule has 0 aromatic heterocycles. The van der Waals surface area contributed by atoms with Crippen molar-refractivity contribution in [3.63, 3.8) is 0 Å². The van der Waals surface area contributed by atoms with Gasteiger partial charge in [-0.1, -0.05) is 6.92 Å². The maximum Gasteiger partial charge on any atom is 0.326 e. The number of hydrogen-bond acceptors (Lipinski definition) is 3. The van der Waals surface area contributed by atoms with E-state index >= 15 is 0 Å². The van der Waals surface area contributed by atoms with Crippen LogP contribution >= 0.6 is 0 Å². The number of aliphatic carboxylic acids is 1. The Labute approximate surface area is 117 Å². The number of urea groups is 1. The normalized spacial score (nSPS) is 30.5. The number of rotatable bonds is 2. The number of likely N-dealkylation sites (tertiary alicyclic amines) is 2. The van der Waals surface area contributed by atoms with E-state index in [1.807, 2.05) is 6.92 Å². The zero-order valence-corrected chi connectivity index (χ0v) is 11.8. The lowest BCUT2D eigenvalue weighted by atomic mass is 10.0. The summed E-state index contributed by atoms with van der Waals surface area (Å²) in [7, 11) is 1.71. The van der Waals surface area contributed by atoms with Crippen LogP contribution < -0.4 is 5.32 Å². The van der Waals surface area contributed by atoms with Gasteiger partial charge in [0.1, 0.15) is 6.04 Å². The number of amides is 3. The van der Waals surface area contributed by atoms with Crippen molar-refractivity contribution in [1.82, 2.24) is 15.1 Å². The van der Waals surface area contributed by atoms with Gasteiger partial charge in [0.25, 0.3) is 0 Å². The minimum absolute atomic E-state index is 0.0335. The van der Waals surface area contributed by atoms with E-state index in [-0.39, 0.29) is 23.9 Å². The first-order valence-electron chi connectivity index (χ1n) is 6.94. The van der Waals surface area contributed by atoms with Crippen molar-refractivity contribution in [2.45, 2.75) is 38.3 Å². The summed E-state index contributed by atoms with van der Waals surface area (Å²) in [5, 5.41) is 12.1. The van der Waals surface area contributed by atoms with Crippen LogP contribution in [-0.2, 0) is 9.59 Å². The molecule has 2 rings (SSSR count). The summed E-state index contributed by atoms with van der Waals surface area (Å²) in [5.74, 6) is -0.913. The van der Waals surface area contributed by atoms with Crippen molar-refractivity contribution < 1.29 is 19.5 Å². The lowest BCUT2D eigenvalue weighted by molar-refractivity contribution is -0.142. The second-order valence-corrected chi connectivity index (χ2v) is 5.70. The quantitative estimate of drug-likeness (QED) is 0.752. The summed E-state index contributed by atoms with van der Waals surface area (Å²) < 4.78 is 0. The lowest BCUT2D eigenvalue weighted by Gasteiger charge is -2.32. The van der Waals surface area contributed by atoms with E-state index < -0.39 is 12.0 Å². The molecule has 3 atom stereocenters. The molecule has 0 aliphatic carbocycles. The Morgan fingerprint density at radius 3 is 2.65 bits per heavy atom. The molecular weight excluding hydrogens is 262 g/mol. The Balaban J connectivity index is 1.95. The number of piperidine rings is 1. The molecule has 2 aliphatic rings. The lowest BCUT2D eigenvalue weighted by Crippen LogP contribution is -2.54. The Morgan fingerprint density at radius 2 is 2.05 bits per heavy atom. The van der Waals surface area contributed by atoms with Crippen LogP contribution in [0.4, 0.5) is 4.79 Å². The van der Waals surface area contributed by atoms with Crippen LogP contribution in [-0.4, -0.2) is 65.0 Å². The minimum atomic E-state index is -0.957. The van der Waals surface area contributed by atoms with E-state index in [4.69, 9.17) is 0 Å². The molecule has 0 radical (unpaired) electrons. The number of nitrogens with one attached hydrogen (secondary N) is 1. The second-order valence-electron chi connectivity index (χ2n) is 5.70. The van der Waals surface area contributed by atoms with Gasteiger partial charge in [-0.15, -0.1) is 0 Å². The molecule has 20 heavy (non-hydrogen) atoms. The van der Waals surface area contributed by atoms with Crippen LogP contribution in [0.1, 0.15) is 26.2 Å². The minimum Gasteiger partial charge on any atom is -0.480 e. The number of carboxylic acid groups (broad SMARTS) is 1. The zero-order chi connectivity index (χ0) is 14.9. The highest BCUT2D eigenvalue weighted by Crippen LogP contribution is 2.24.